The molecule has 2 aromatic carbocycles. The molecule has 4 rings (SSSR count). The third-order valence-electron chi connectivity index (χ3n) is 7.20. The van der Waals surface area contributed by atoms with Gasteiger partial charge in [-0.25, -0.2) is 8.42 Å². The fourth-order valence-corrected chi connectivity index (χ4v) is 7.64. The number of hydrogen-bond acceptors (Lipinski definition) is 8. The molecule has 0 radical (unpaired) electrons. The minimum absolute atomic E-state index is 0.0500. The Morgan fingerprint density at radius 2 is 1.95 bits per heavy atom. The van der Waals surface area contributed by atoms with Gasteiger partial charge in [-0.05, 0) is 61.7 Å². The second-order valence-corrected chi connectivity index (χ2v) is 13.2. The number of carbonyl (C=O) groups is 2. The minimum Gasteiger partial charge on any atom is -0.488 e. The van der Waals surface area contributed by atoms with E-state index in [1.165, 1.54) is 28.6 Å². The summed E-state index contributed by atoms with van der Waals surface area (Å²) >= 11 is 1.28. The molecule has 0 saturated heterocycles. The average Bonchev–Trinajstić information content (AvgIpc) is 3.36. The zero-order chi connectivity index (χ0) is 28.4. The molecule has 0 aliphatic carbocycles. The number of carbonyl (C=O) groups excluding carboxylic acids is 2. The summed E-state index contributed by atoms with van der Waals surface area (Å²) in [5, 5.41) is 19.8. The number of fused-ring (bicyclic) bond motifs is 1. The summed E-state index contributed by atoms with van der Waals surface area (Å²) in [6.45, 7) is 4.59. The van der Waals surface area contributed by atoms with E-state index in [0.717, 1.165) is 27.9 Å². The lowest BCUT2D eigenvalue weighted by Crippen LogP contribution is -2.37. The highest BCUT2D eigenvalue weighted by atomic mass is 32.2. The molecule has 39 heavy (non-hydrogen) atoms. The highest BCUT2D eigenvalue weighted by molar-refractivity contribution is 7.89. The molecule has 0 amide bonds. The molecule has 3 unspecified atom stereocenters. The zero-order valence-electron chi connectivity index (χ0n) is 22.2. The molecule has 3 aromatic rings. The first kappa shape index (κ1) is 29.1. The maximum Gasteiger partial charge on any atom is 0.247 e. The van der Waals surface area contributed by atoms with Crippen LogP contribution in [0.3, 0.4) is 0 Å². The van der Waals surface area contributed by atoms with Crippen molar-refractivity contribution in [1.29, 1.82) is 0 Å². The van der Waals surface area contributed by atoms with Crippen LogP contribution in [0.4, 0.5) is 0 Å². The highest BCUT2D eigenvalue weighted by Gasteiger charge is 2.38. The number of aliphatic hydroxyl groups is 2. The Morgan fingerprint density at radius 1 is 1.21 bits per heavy atom. The number of benzene rings is 2. The summed E-state index contributed by atoms with van der Waals surface area (Å²) in [6.07, 6.45) is 0.470. The number of sulfonamides is 1. The van der Waals surface area contributed by atoms with Crippen molar-refractivity contribution in [2.24, 2.45) is 5.41 Å². The molecule has 3 atom stereocenters. The fourth-order valence-electron chi connectivity index (χ4n) is 4.88. The summed E-state index contributed by atoms with van der Waals surface area (Å²) in [7, 11) is -3.92. The Kier molecular flexibility index (Phi) is 8.72. The molecule has 10 heteroatoms. The molecule has 0 bridgehead atoms. The molecule has 0 saturated carbocycles. The Bertz CT molecular complexity index is 1470. The van der Waals surface area contributed by atoms with Gasteiger partial charge in [0.1, 0.15) is 23.0 Å². The zero-order valence-corrected chi connectivity index (χ0v) is 23.8. The monoisotopic (exact) mass is 571 g/mol. The summed E-state index contributed by atoms with van der Waals surface area (Å²) in [5.41, 5.74) is 1.15. The summed E-state index contributed by atoms with van der Waals surface area (Å²) in [5.74, 6) is -0.380. The van der Waals surface area contributed by atoms with Crippen molar-refractivity contribution < 1.29 is 33.0 Å². The van der Waals surface area contributed by atoms with E-state index in [0.29, 0.717) is 4.88 Å². The van der Waals surface area contributed by atoms with Gasteiger partial charge in [-0.2, -0.15) is 4.31 Å². The number of thiophene rings is 1. The van der Waals surface area contributed by atoms with Gasteiger partial charge in [-0.3, -0.25) is 4.79 Å². The number of Topliss-reactive ketones (excluding diaryl/α,β-unsaturated/α-hetero) is 1. The third-order valence-corrected chi connectivity index (χ3v) is 10.3. The summed E-state index contributed by atoms with van der Waals surface area (Å²) in [4.78, 5) is 25.6. The largest absolute Gasteiger partial charge is 0.488 e. The van der Waals surface area contributed by atoms with Crippen LogP contribution in [0.25, 0.3) is 0 Å². The normalized spacial score (nSPS) is 19.3. The number of hydrogen-bond donors (Lipinski definition) is 2. The number of nitrogens with zero attached hydrogens (tertiary/aromatic N) is 1. The van der Waals surface area contributed by atoms with Crippen molar-refractivity contribution in [3.8, 4) is 5.75 Å². The number of para-hydroxylation sites is 1. The van der Waals surface area contributed by atoms with Crippen molar-refractivity contribution in [3.05, 3.63) is 81.0 Å². The topological polar surface area (TPSA) is 121 Å². The summed E-state index contributed by atoms with van der Waals surface area (Å²) < 4.78 is 34.8. The molecule has 208 valence electrons. The lowest BCUT2D eigenvalue weighted by molar-refractivity contribution is -0.118. The molecular weight excluding hydrogens is 538 g/mol. The quantitative estimate of drug-likeness (QED) is 0.279. The molecule has 2 heterocycles. The van der Waals surface area contributed by atoms with Gasteiger partial charge < -0.3 is 19.7 Å². The molecule has 0 fully saturated rings. The number of aliphatic hydroxyl groups excluding tert-OH is 2. The third kappa shape index (κ3) is 5.85. The second-order valence-electron chi connectivity index (χ2n) is 10.2. The Morgan fingerprint density at radius 3 is 2.59 bits per heavy atom. The predicted molar refractivity (Wildman–Crippen MR) is 149 cm³/mol. The fraction of sp³-hybridized carbons (Fsp3) is 0.379. The number of ketones is 1. The van der Waals surface area contributed by atoms with Crippen molar-refractivity contribution in [1.82, 2.24) is 4.31 Å². The molecule has 1 aliphatic rings. The highest BCUT2D eigenvalue weighted by Crippen LogP contribution is 2.43. The predicted octanol–water partition coefficient (Wildman–Crippen LogP) is 3.92. The van der Waals surface area contributed by atoms with Crippen molar-refractivity contribution >= 4 is 33.4 Å². The molecular formula is C29H33NO7S2. The van der Waals surface area contributed by atoms with Crippen LogP contribution >= 0.6 is 11.3 Å². The van der Waals surface area contributed by atoms with Gasteiger partial charge in [-0.1, -0.05) is 30.3 Å². The van der Waals surface area contributed by atoms with Gasteiger partial charge in [0, 0.05) is 30.4 Å². The van der Waals surface area contributed by atoms with Crippen LogP contribution in [0, 0.1) is 12.3 Å². The van der Waals surface area contributed by atoms with Crippen LogP contribution in [0.15, 0.2) is 59.5 Å². The van der Waals surface area contributed by atoms with Crippen molar-refractivity contribution in [2.75, 3.05) is 19.8 Å². The molecule has 2 N–H and O–H groups in total. The lowest BCUT2D eigenvalue weighted by Gasteiger charge is -2.32. The Labute approximate surface area is 232 Å². The van der Waals surface area contributed by atoms with E-state index in [1.54, 1.807) is 37.3 Å². The minimum atomic E-state index is -3.92. The van der Waals surface area contributed by atoms with Crippen LogP contribution in [0.1, 0.15) is 57.4 Å². The van der Waals surface area contributed by atoms with Gasteiger partial charge in [0.25, 0.3) is 0 Å². The summed E-state index contributed by atoms with van der Waals surface area (Å²) in [6, 6.07) is 15.6. The van der Waals surface area contributed by atoms with Gasteiger partial charge >= 0.3 is 0 Å². The van der Waals surface area contributed by atoms with Gasteiger partial charge in [0.15, 0.2) is 5.78 Å². The molecule has 8 nitrogen and oxygen atoms in total. The van der Waals surface area contributed by atoms with Crippen LogP contribution in [-0.2, 0) is 21.4 Å². The maximum absolute atomic E-state index is 13.7. The number of aryl methyl sites for hydroxylation is 1. The second kappa shape index (κ2) is 11.7. The van der Waals surface area contributed by atoms with Crippen LogP contribution in [0.2, 0.25) is 0 Å². The molecule has 1 aliphatic heterocycles. The Balaban J connectivity index is 1.78. The maximum atomic E-state index is 13.7. The first-order valence-corrected chi connectivity index (χ1v) is 14.9. The number of aldehydes is 1. The van der Waals surface area contributed by atoms with E-state index in [4.69, 9.17) is 4.74 Å². The number of rotatable bonds is 10. The first-order chi connectivity index (χ1) is 18.5. The van der Waals surface area contributed by atoms with E-state index >= 15 is 0 Å². The first-order valence-electron chi connectivity index (χ1n) is 12.7. The molecule has 0 spiro atoms. The molecule has 1 aromatic heterocycles. The smallest absolute Gasteiger partial charge is 0.247 e. The van der Waals surface area contributed by atoms with Crippen molar-refractivity contribution in [2.45, 2.75) is 50.7 Å². The Hall–Kier alpha value is -2.89. The van der Waals surface area contributed by atoms with Crippen LogP contribution in [-0.4, -0.2) is 60.9 Å². The van der Waals surface area contributed by atoms with Gasteiger partial charge in [-0.15, -0.1) is 11.3 Å². The van der Waals surface area contributed by atoms with Crippen molar-refractivity contribution in [3.63, 3.8) is 0 Å². The average molecular weight is 572 g/mol. The standard InChI is InChI=1S/C29H33NO7S2/c1-19-8-9-21(28(29(3,17-32)18-33)26-11-10-25(38-26)20(2)34)14-22(19)15-30-16-23(12-13-31)37-24-6-4-5-7-27(24)39(30,35)36/h4-11,14,17,23,28,31,33H,12-13,15-16,18H2,1-3H3. The SMILES string of the molecule is CC(=O)c1ccc(C(c2ccc(C)c(CN3CC(CCO)Oc4ccccc4S3(=O)=O)c2)C(C)(C=O)CO)s1. The van der Waals surface area contributed by atoms with Crippen LogP contribution < -0.4 is 4.74 Å². The van der Waals surface area contributed by atoms with Crippen LogP contribution in [0.5, 0.6) is 5.75 Å². The lowest BCUT2D eigenvalue weighted by atomic mass is 9.73. The van der Waals surface area contributed by atoms with Gasteiger partial charge in [0.2, 0.25) is 10.0 Å². The number of ether oxygens (including phenoxy) is 1. The van der Waals surface area contributed by atoms with E-state index < -0.39 is 34.1 Å². The van der Waals surface area contributed by atoms with E-state index in [2.05, 4.69) is 0 Å². The van der Waals surface area contributed by atoms with E-state index in [-0.39, 0.29) is 42.5 Å². The van der Waals surface area contributed by atoms with Gasteiger partial charge in [0.05, 0.1) is 23.4 Å². The van der Waals surface area contributed by atoms with E-state index in [1.807, 2.05) is 25.1 Å². The van der Waals surface area contributed by atoms with E-state index in [9.17, 15) is 28.2 Å².